The summed E-state index contributed by atoms with van der Waals surface area (Å²) in [6.07, 6.45) is 8.68. The second-order valence-corrected chi connectivity index (χ2v) is 12.8. The number of nitrogens with zero attached hydrogens (tertiary/aromatic N) is 2. The van der Waals surface area contributed by atoms with Gasteiger partial charge in [-0.05, 0) is 50.2 Å². The maximum absolute atomic E-state index is 13.6. The van der Waals surface area contributed by atoms with Crippen LogP contribution in [0, 0.1) is 29.6 Å². The number of hydrogen-bond acceptors (Lipinski definition) is 10. The molecule has 4 aliphatic rings. The van der Waals surface area contributed by atoms with Crippen LogP contribution in [0.25, 0.3) is 0 Å². The van der Waals surface area contributed by atoms with E-state index in [2.05, 4.69) is 16.0 Å². The van der Waals surface area contributed by atoms with Crippen molar-refractivity contribution in [3.8, 4) is 0 Å². The summed E-state index contributed by atoms with van der Waals surface area (Å²) in [6, 6.07) is 3.38. The quantitative estimate of drug-likeness (QED) is 0.289. The average molecular weight is 626 g/mol. The summed E-state index contributed by atoms with van der Waals surface area (Å²) < 4.78 is 32.5. The van der Waals surface area contributed by atoms with Crippen molar-refractivity contribution in [2.75, 3.05) is 7.11 Å². The zero-order chi connectivity index (χ0) is 31.3. The lowest BCUT2D eigenvalue weighted by atomic mass is 9.57. The number of H-pyrrole nitrogens is 1. The number of cyclic esters (lactones) is 1. The predicted molar refractivity (Wildman–Crippen MR) is 161 cm³/mol. The molecule has 1 saturated heterocycles. The number of rotatable bonds is 5. The Hall–Kier alpha value is -3.32. The second kappa shape index (κ2) is 11.9. The molecule has 12 heteroatoms. The Morgan fingerprint density at radius 3 is 2.80 bits per heavy atom. The number of carbonyl (C=O) groups is 2. The summed E-state index contributed by atoms with van der Waals surface area (Å²) in [7, 11) is 1.48. The van der Waals surface area contributed by atoms with Crippen LogP contribution in [0.4, 0.5) is 0 Å². The average Bonchev–Trinajstić information content (AvgIpc) is 3.76. The highest BCUT2D eigenvalue weighted by Crippen LogP contribution is 2.61. The van der Waals surface area contributed by atoms with Crippen LogP contribution in [-0.2, 0) is 28.5 Å². The highest BCUT2D eigenvalue weighted by Gasteiger charge is 2.69. The molecule has 2 aliphatic carbocycles. The molecule has 2 aliphatic heterocycles. The zero-order valence-corrected chi connectivity index (χ0v) is 26.2. The SMILES string of the molecule is CO[C@@H]1C[C@H]2C=CC3C4[C@H](O)[C@@H](C)[C@@H](OC(=O)c5ccc[nH]5)[C@@H]3O[C@]42/C(C)=C/[C@@H](C)C(C(C)OC(=S)n2ccnc2)OC1=O. The van der Waals surface area contributed by atoms with Crippen LogP contribution in [0.5, 0.6) is 0 Å². The van der Waals surface area contributed by atoms with E-state index in [0.717, 1.165) is 5.57 Å². The minimum Gasteiger partial charge on any atom is -0.463 e. The van der Waals surface area contributed by atoms with Gasteiger partial charge in [-0.2, -0.15) is 0 Å². The molecule has 0 aromatic carbocycles. The van der Waals surface area contributed by atoms with Crippen molar-refractivity contribution in [2.24, 2.45) is 29.6 Å². The molecule has 2 N–H and O–H groups in total. The number of methoxy groups -OCH3 is 1. The number of aliphatic hydroxyl groups is 1. The lowest BCUT2D eigenvalue weighted by molar-refractivity contribution is -0.171. The molecule has 2 aromatic heterocycles. The highest BCUT2D eigenvalue weighted by atomic mass is 32.1. The maximum Gasteiger partial charge on any atom is 0.355 e. The van der Waals surface area contributed by atoms with E-state index in [0.29, 0.717) is 5.69 Å². The Labute approximate surface area is 261 Å². The highest BCUT2D eigenvalue weighted by molar-refractivity contribution is 7.80. The van der Waals surface area contributed by atoms with E-state index < -0.39 is 54.2 Å². The summed E-state index contributed by atoms with van der Waals surface area (Å²) in [6.45, 7) is 7.66. The Morgan fingerprint density at radius 2 is 2.11 bits per heavy atom. The van der Waals surface area contributed by atoms with Gasteiger partial charge in [-0.3, -0.25) is 4.57 Å². The molecule has 44 heavy (non-hydrogen) atoms. The van der Waals surface area contributed by atoms with Crippen LogP contribution in [0.1, 0.15) is 44.6 Å². The van der Waals surface area contributed by atoms with E-state index in [1.807, 2.05) is 39.8 Å². The molecule has 4 heterocycles. The Kier molecular flexibility index (Phi) is 8.29. The van der Waals surface area contributed by atoms with E-state index in [1.165, 1.54) is 7.11 Å². The van der Waals surface area contributed by atoms with Crippen molar-refractivity contribution in [3.05, 3.63) is 66.5 Å². The molecular weight excluding hydrogens is 586 g/mol. The van der Waals surface area contributed by atoms with Crippen molar-refractivity contribution in [1.29, 1.82) is 0 Å². The first kappa shape index (κ1) is 30.7. The first-order chi connectivity index (χ1) is 21.1. The molecule has 236 valence electrons. The monoisotopic (exact) mass is 625 g/mol. The number of aromatic amines is 1. The largest absolute Gasteiger partial charge is 0.463 e. The van der Waals surface area contributed by atoms with Crippen molar-refractivity contribution < 1.29 is 38.4 Å². The molecule has 4 bridgehead atoms. The van der Waals surface area contributed by atoms with Gasteiger partial charge in [0.2, 0.25) is 0 Å². The number of thiocarbonyl (C=S) groups is 1. The van der Waals surface area contributed by atoms with Gasteiger partial charge in [-0.1, -0.05) is 32.1 Å². The van der Waals surface area contributed by atoms with Gasteiger partial charge in [0.1, 0.15) is 42.0 Å². The molecule has 4 unspecified atom stereocenters. The third-order valence-corrected chi connectivity index (χ3v) is 10.2. The van der Waals surface area contributed by atoms with Crippen molar-refractivity contribution in [3.63, 3.8) is 0 Å². The smallest absolute Gasteiger partial charge is 0.355 e. The van der Waals surface area contributed by atoms with Gasteiger partial charge in [-0.25, -0.2) is 14.6 Å². The molecule has 11 nitrogen and oxygen atoms in total. The van der Waals surface area contributed by atoms with E-state index in [9.17, 15) is 14.7 Å². The van der Waals surface area contributed by atoms with E-state index >= 15 is 0 Å². The molecule has 2 fully saturated rings. The van der Waals surface area contributed by atoms with Gasteiger partial charge in [0, 0.05) is 55.3 Å². The third-order valence-electron chi connectivity index (χ3n) is 9.93. The molecule has 0 amide bonds. The second-order valence-electron chi connectivity index (χ2n) is 12.4. The van der Waals surface area contributed by atoms with Crippen molar-refractivity contribution in [2.45, 2.75) is 76.3 Å². The fraction of sp³-hybridized carbons (Fsp3) is 0.562. The van der Waals surface area contributed by atoms with Gasteiger partial charge in [-0.15, -0.1) is 0 Å². The normalized spacial score (nSPS) is 39.8. The number of aromatic nitrogens is 3. The van der Waals surface area contributed by atoms with Crippen LogP contribution in [0.3, 0.4) is 0 Å². The van der Waals surface area contributed by atoms with Crippen LogP contribution in [0.2, 0.25) is 0 Å². The van der Waals surface area contributed by atoms with Crippen molar-refractivity contribution in [1.82, 2.24) is 14.5 Å². The summed E-state index contributed by atoms with van der Waals surface area (Å²) >= 11 is 5.45. The Balaban J connectivity index is 1.36. The molecule has 12 atom stereocenters. The van der Waals surface area contributed by atoms with E-state index in [4.69, 9.17) is 35.9 Å². The number of nitrogens with one attached hydrogen (secondary N) is 1. The summed E-state index contributed by atoms with van der Waals surface area (Å²) in [4.78, 5) is 33.5. The van der Waals surface area contributed by atoms with Gasteiger partial charge >= 0.3 is 11.9 Å². The van der Waals surface area contributed by atoms with Gasteiger partial charge in [0.15, 0.2) is 6.10 Å². The van der Waals surface area contributed by atoms with Crippen LogP contribution < -0.4 is 0 Å². The first-order valence-electron chi connectivity index (χ1n) is 15.1. The summed E-state index contributed by atoms with van der Waals surface area (Å²) in [5, 5.41) is 12.1. The minimum absolute atomic E-state index is 0.184. The number of aliphatic hydroxyl groups excluding tert-OH is 1. The number of carbonyl (C=O) groups excluding carboxylic acids is 2. The zero-order valence-electron chi connectivity index (χ0n) is 25.4. The maximum atomic E-state index is 13.6. The number of hydrogen-bond donors (Lipinski definition) is 2. The fourth-order valence-corrected chi connectivity index (χ4v) is 8.04. The first-order valence-corrected chi connectivity index (χ1v) is 15.5. The predicted octanol–water partition coefficient (Wildman–Crippen LogP) is 3.45. The number of esters is 2. The molecule has 0 radical (unpaired) electrons. The van der Waals surface area contributed by atoms with Gasteiger partial charge in [0.25, 0.3) is 5.17 Å². The Bertz CT molecular complexity index is 1440. The summed E-state index contributed by atoms with van der Waals surface area (Å²) in [5.41, 5.74) is 0.275. The minimum atomic E-state index is -0.964. The molecule has 1 saturated carbocycles. The lowest BCUT2D eigenvalue weighted by Crippen LogP contribution is -2.57. The van der Waals surface area contributed by atoms with Crippen LogP contribution in [0.15, 0.2) is 60.9 Å². The van der Waals surface area contributed by atoms with Crippen LogP contribution >= 0.6 is 12.2 Å². The standard InChI is InChI=1S/C32H39N3O8S/c1-16-13-17(2)32-20(14-23(39-5)30(38)41-26(16)19(4)40-31(44)35-12-11-33-15-35)8-9-21-24(32)25(36)18(3)27(28(21)43-32)42-29(37)22-7-6-10-34-22/h6-13,15-16,18-21,23-28,34,36H,14H2,1-5H3/b17-13+/t16-,18-,19?,20-,21?,23-,24?,25-,26?,27-,28-,32+/m1/s1. The van der Waals surface area contributed by atoms with Crippen LogP contribution in [-0.4, -0.2) is 86.1 Å². The molecular formula is C32H39N3O8S. The molecule has 1 spiro atoms. The number of ether oxygens (including phenoxy) is 5. The molecule has 2 aromatic rings. The van der Waals surface area contributed by atoms with Crippen molar-refractivity contribution >= 4 is 29.3 Å². The third kappa shape index (κ3) is 5.01. The van der Waals surface area contributed by atoms with Gasteiger partial charge in [0.05, 0.1) is 6.10 Å². The van der Waals surface area contributed by atoms with E-state index in [1.54, 1.807) is 41.6 Å². The fourth-order valence-electron chi connectivity index (χ4n) is 7.78. The molecule has 6 rings (SSSR count). The van der Waals surface area contributed by atoms with E-state index in [-0.39, 0.29) is 41.2 Å². The topological polar surface area (TPSA) is 134 Å². The summed E-state index contributed by atoms with van der Waals surface area (Å²) in [5.74, 6) is -2.56. The lowest BCUT2D eigenvalue weighted by Gasteiger charge is -2.48. The van der Waals surface area contributed by atoms with Gasteiger partial charge < -0.3 is 33.8 Å². The number of imidazole rings is 1. The Morgan fingerprint density at radius 1 is 1.32 bits per heavy atom.